The van der Waals surface area contributed by atoms with E-state index in [1.807, 2.05) is 16.5 Å². The molecule has 0 radical (unpaired) electrons. The number of hydrogen-bond acceptors (Lipinski definition) is 4. The van der Waals surface area contributed by atoms with Crippen LogP contribution in [0.15, 0.2) is 0 Å². The number of methoxy groups -OCH3 is 1. The summed E-state index contributed by atoms with van der Waals surface area (Å²) in [4.78, 5) is 15.1. The van der Waals surface area contributed by atoms with Gasteiger partial charge >= 0.3 is 0 Å². The van der Waals surface area contributed by atoms with Gasteiger partial charge in [-0.25, -0.2) is 0 Å². The number of rotatable bonds is 7. The quantitative estimate of drug-likeness (QED) is 0.758. The van der Waals surface area contributed by atoms with Crippen LogP contribution in [0.4, 0.5) is 0 Å². The van der Waals surface area contributed by atoms with Gasteiger partial charge in [0.2, 0.25) is 5.91 Å². The molecule has 0 saturated carbocycles. The van der Waals surface area contributed by atoms with Crippen LogP contribution in [0.3, 0.4) is 0 Å². The highest BCUT2D eigenvalue weighted by Gasteiger charge is 2.35. The van der Waals surface area contributed by atoms with Crippen molar-refractivity contribution in [1.82, 2.24) is 14.7 Å². The van der Waals surface area contributed by atoms with Gasteiger partial charge in [0.1, 0.15) is 0 Å². The van der Waals surface area contributed by atoms with Crippen molar-refractivity contribution in [3.63, 3.8) is 0 Å². The molecule has 6 heteroatoms. The minimum absolute atomic E-state index is 0.0161. The summed E-state index contributed by atoms with van der Waals surface area (Å²) in [7, 11) is 1.67. The van der Waals surface area contributed by atoms with E-state index in [1.54, 1.807) is 7.11 Å². The molecule has 0 unspecified atom stereocenters. The summed E-state index contributed by atoms with van der Waals surface area (Å²) >= 11 is 0. The van der Waals surface area contributed by atoms with Crippen molar-refractivity contribution < 1.29 is 14.3 Å². The molecule has 1 aromatic heterocycles. The average Bonchev–Trinajstić information content (AvgIpc) is 2.84. The highest BCUT2D eigenvalue weighted by atomic mass is 16.5. The van der Waals surface area contributed by atoms with Crippen LogP contribution in [0.25, 0.3) is 0 Å². The third-order valence-corrected chi connectivity index (χ3v) is 5.10. The van der Waals surface area contributed by atoms with Gasteiger partial charge in [0.05, 0.1) is 17.9 Å². The molecule has 0 aliphatic carbocycles. The van der Waals surface area contributed by atoms with Crippen LogP contribution >= 0.6 is 0 Å². The summed E-state index contributed by atoms with van der Waals surface area (Å²) in [5, 5.41) is 4.58. The van der Waals surface area contributed by atoms with E-state index >= 15 is 0 Å². The molecule has 1 saturated heterocycles. The zero-order valence-electron chi connectivity index (χ0n) is 16.6. The Hall–Kier alpha value is -1.40. The zero-order valence-corrected chi connectivity index (χ0v) is 16.6. The van der Waals surface area contributed by atoms with Gasteiger partial charge in [-0.3, -0.25) is 9.48 Å². The Labute approximate surface area is 151 Å². The van der Waals surface area contributed by atoms with Crippen molar-refractivity contribution in [2.45, 2.75) is 66.2 Å². The van der Waals surface area contributed by atoms with Crippen molar-refractivity contribution in [2.75, 3.05) is 26.9 Å². The average molecular weight is 351 g/mol. The van der Waals surface area contributed by atoms with Crippen LogP contribution in [-0.2, 0) is 27.4 Å². The molecule has 2 rings (SSSR count). The smallest absolute Gasteiger partial charge is 0.226 e. The SMILES string of the molecule is CCn1nc(C)c(CN(CCOC)C(=O)[C@@H]2CCOC(C)(C)C2)c1C. The van der Waals surface area contributed by atoms with E-state index in [0.29, 0.717) is 26.3 Å². The van der Waals surface area contributed by atoms with E-state index in [0.717, 1.165) is 36.3 Å². The molecule has 1 aliphatic rings. The standard InChI is InChI=1S/C19H33N3O3/c1-7-22-15(3)17(14(2)20-22)13-21(9-11-24-6)18(23)16-8-10-25-19(4,5)12-16/h16H,7-13H2,1-6H3/t16-/m1/s1. The van der Waals surface area contributed by atoms with Crippen molar-refractivity contribution in [3.8, 4) is 0 Å². The maximum atomic E-state index is 13.2. The lowest BCUT2D eigenvalue weighted by molar-refractivity contribution is -0.146. The molecule has 1 atom stereocenters. The molecule has 6 nitrogen and oxygen atoms in total. The second-order valence-corrected chi connectivity index (χ2v) is 7.52. The summed E-state index contributed by atoms with van der Waals surface area (Å²) < 4.78 is 13.0. The number of nitrogens with zero attached hydrogens (tertiary/aromatic N) is 3. The van der Waals surface area contributed by atoms with Crippen LogP contribution < -0.4 is 0 Å². The maximum Gasteiger partial charge on any atom is 0.226 e. The molecular weight excluding hydrogens is 318 g/mol. The van der Waals surface area contributed by atoms with Gasteiger partial charge in [0.25, 0.3) is 0 Å². The lowest BCUT2D eigenvalue weighted by Crippen LogP contribution is -2.44. The minimum Gasteiger partial charge on any atom is -0.383 e. The van der Waals surface area contributed by atoms with Gasteiger partial charge in [-0.1, -0.05) is 0 Å². The monoisotopic (exact) mass is 351 g/mol. The fourth-order valence-corrected chi connectivity index (χ4v) is 3.63. The summed E-state index contributed by atoms with van der Waals surface area (Å²) in [6.07, 6.45) is 1.55. The molecule has 1 amide bonds. The Kier molecular flexibility index (Phi) is 6.63. The van der Waals surface area contributed by atoms with E-state index in [2.05, 4.69) is 32.8 Å². The Morgan fingerprint density at radius 3 is 2.72 bits per heavy atom. The van der Waals surface area contributed by atoms with Gasteiger partial charge in [0.15, 0.2) is 0 Å². The van der Waals surface area contributed by atoms with E-state index in [9.17, 15) is 4.79 Å². The van der Waals surface area contributed by atoms with Crippen molar-refractivity contribution in [2.24, 2.45) is 5.92 Å². The number of carbonyl (C=O) groups is 1. The van der Waals surface area contributed by atoms with Gasteiger partial charge in [0, 0.05) is 50.5 Å². The first-order chi connectivity index (χ1) is 11.8. The third kappa shape index (κ3) is 4.82. The summed E-state index contributed by atoms with van der Waals surface area (Å²) in [5.74, 6) is 0.221. The van der Waals surface area contributed by atoms with Crippen LogP contribution in [-0.4, -0.2) is 53.1 Å². The van der Waals surface area contributed by atoms with Crippen LogP contribution in [0.2, 0.25) is 0 Å². The lowest BCUT2D eigenvalue weighted by atomic mass is 9.87. The molecule has 142 valence electrons. The van der Waals surface area contributed by atoms with Crippen molar-refractivity contribution >= 4 is 5.91 Å². The molecule has 1 aliphatic heterocycles. The highest BCUT2D eigenvalue weighted by Crippen LogP contribution is 2.30. The Balaban J connectivity index is 2.18. The van der Waals surface area contributed by atoms with E-state index in [4.69, 9.17) is 9.47 Å². The molecule has 1 aromatic rings. The first kappa shape index (κ1) is 19.9. The van der Waals surface area contributed by atoms with Crippen LogP contribution in [0.1, 0.15) is 50.6 Å². The van der Waals surface area contributed by atoms with Crippen LogP contribution in [0.5, 0.6) is 0 Å². The topological polar surface area (TPSA) is 56.6 Å². The maximum absolute atomic E-state index is 13.2. The number of carbonyl (C=O) groups excluding carboxylic acids is 1. The number of aromatic nitrogens is 2. The molecule has 0 aromatic carbocycles. The molecule has 1 fully saturated rings. The van der Waals surface area contributed by atoms with Gasteiger partial charge in [-0.2, -0.15) is 5.10 Å². The lowest BCUT2D eigenvalue weighted by Gasteiger charge is -2.37. The zero-order chi connectivity index (χ0) is 18.6. The minimum atomic E-state index is -0.232. The second-order valence-electron chi connectivity index (χ2n) is 7.52. The fourth-order valence-electron chi connectivity index (χ4n) is 3.63. The van der Waals surface area contributed by atoms with Crippen LogP contribution in [0, 0.1) is 19.8 Å². The summed E-state index contributed by atoms with van der Waals surface area (Å²) in [5.41, 5.74) is 3.06. The van der Waals surface area contributed by atoms with E-state index in [-0.39, 0.29) is 17.4 Å². The predicted octanol–water partition coefficient (Wildman–Crippen LogP) is 2.70. The Morgan fingerprint density at radius 2 is 2.16 bits per heavy atom. The van der Waals surface area contributed by atoms with Gasteiger partial charge < -0.3 is 14.4 Å². The molecular formula is C19H33N3O3. The normalized spacial score (nSPS) is 19.8. The van der Waals surface area contributed by atoms with Crippen molar-refractivity contribution in [3.05, 3.63) is 17.0 Å². The largest absolute Gasteiger partial charge is 0.383 e. The first-order valence-corrected chi connectivity index (χ1v) is 9.23. The van der Waals surface area contributed by atoms with Gasteiger partial charge in [-0.15, -0.1) is 0 Å². The third-order valence-electron chi connectivity index (χ3n) is 5.10. The fraction of sp³-hybridized carbons (Fsp3) is 0.789. The molecule has 0 bridgehead atoms. The Bertz CT molecular complexity index is 595. The Morgan fingerprint density at radius 1 is 1.44 bits per heavy atom. The summed E-state index contributed by atoms with van der Waals surface area (Å²) in [6.45, 7) is 13.5. The number of aryl methyl sites for hydroxylation is 2. The molecule has 0 N–H and O–H groups in total. The number of amides is 1. The second kappa shape index (κ2) is 8.32. The number of ether oxygens (including phenoxy) is 2. The molecule has 25 heavy (non-hydrogen) atoms. The molecule has 2 heterocycles. The van der Waals surface area contributed by atoms with E-state index < -0.39 is 0 Å². The predicted molar refractivity (Wildman–Crippen MR) is 97.4 cm³/mol. The number of hydrogen-bond donors (Lipinski definition) is 0. The summed E-state index contributed by atoms with van der Waals surface area (Å²) in [6, 6.07) is 0. The van der Waals surface area contributed by atoms with E-state index in [1.165, 1.54) is 0 Å². The highest BCUT2D eigenvalue weighted by molar-refractivity contribution is 5.79. The van der Waals surface area contributed by atoms with Gasteiger partial charge in [-0.05, 0) is 47.5 Å². The first-order valence-electron chi connectivity index (χ1n) is 9.23. The molecule has 0 spiro atoms. The van der Waals surface area contributed by atoms with Crippen molar-refractivity contribution in [1.29, 1.82) is 0 Å².